The van der Waals surface area contributed by atoms with E-state index in [2.05, 4.69) is 23.6 Å². The van der Waals surface area contributed by atoms with Crippen LogP contribution >= 0.6 is 11.3 Å². The van der Waals surface area contributed by atoms with Crippen molar-refractivity contribution < 1.29 is 9.53 Å². The van der Waals surface area contributed by atoms with Gasteiger partial charge in [-0.2, -0.15) is 0 Å². The Morgan fingerprint density at radius 3 is 2.67 bits per heavy atom. The van der Waals surface area contributed by atoms with Gasteiger partial charge in [0.15, 0.2) is 0 Å². The van der Waals surface area contributed by atoms with Crippen molar-refractivity contribution in [2.75, 3.05) is 6.61 Å². The quantitative estimate of drug-likeness (QED) is 0.306. The number of hydrogen-bond acceptors (Lipinski definition) is 3. The smallest absolute Gasteiger partial charge is 0.205 e. The van der Waals surface area contributed by atoms with Gasteiger partial charge >= 0.3 is 0 Å². The third kappa shape index (κ3) is 3.67. The van der Waals surface area contributed by atoms with Crippen LogP contribution in [0.2, 0.25) is 0 Å². The predicted octanol–water partition coefficient (Wildman–Crippen LogP) is 5.71. The van der Waals surface area contributed by atoms with E-state index in [-0.39, 0.29) is 5.78 Å². The molecule has 2 heterocycles. The fraction of sp³-hybridized carbons (Fsp3) is 0.174. The lowest BCUT2D eigenvalue weighted by atomic mass is 10.1. The minimum atomic E-state index is 0.0936. The van der Waals surface area contributed by atoms with Crippen molar-refractivity contribution >= 4 is 28.0 Å². The van der Waals surface area contributed by atoms with Gasteiger partial charge in [0, 0.05) is 29.2 Å². The molecule has 136 valence electrons. The molecule has 0 saturated heterocycles. The summed E-state index contributed by atoms with van der Waals surface area (Å²) in [6.07, 6.45) is 2.86. The fourth-order valence-electron chi connectivity index (χ4n) is 3.29. The molecule has 0 unspecified atom stereocenters. The Labute approximate surface area is 162 Å². The van der Waals surface area contributed by atoms with Gasteiger partial charge in [-0.1, -0.05) is 42.5 Å². The lowest BCUT2D eigenvalue weighted by Crippen LogP contribution is -2.04. The van der Waals surface area contributed by atoms with Gasteiger partial charge in [0.05, 0.1) is 11.5 Å². The standard InChI is InChI=1S/C23H21NO2S/c1-17-8-2-5-11-21(17)26-14-7-13-24-16-19(18-9-3-4-10-20(18)24)23(25)22-12-6-15-27-22/h2-6,8-12,15-16H,7,13-14H2,1H3. The van der Waals surface area contributed by atoms with E-state index in [0.29, 0.717) is 6.61 Å². The average Bonchev–Trinajstić information content (AvgIpc) is 3.35. The molecule has 0 amide bonds. The number of thiophene rings is 1. The van der Waals surface area contributed by atoms with Gasteiger partial charge in [0.25, 0.3) is 0 Å². The first kappa shape index (κ1) is 17.6. The molecule has 0 aliphatic heterocycles. The number of fused-ring (bicyclic) bond motifs is 1. The molecule has 0 spiro atoms. The molecule has 2 aromatic heterocycles. The fourth-order valence-corrected chi connectivity index (χ4v) is 3.97. The first-order valence-electron chi connectivity index (χ1n) is 9.08. The number of ketones is 1. The molecule has 27 heavy (non-hydrogen) atoms. The molecular formula is C23H21NO2S. The molecule has 0 bridgehead atoms. The summed E-state index contributed by atoms with van der Waals surface area (Å²) in [6.45, 7) is 3.51. The van der Waals surface area contributed by atoms with Crippen LogP contribution in [0.3, 0.4) is 0 Å². The SMILES string of the molecule is Cc1ccccc1OCCCn1cc(C(=O)c2cccs2)c2ccccc21. The molecule has 0 radical (unpaired) electrons. The van der Waals surface area contributed by atoms with Gasteiger partial charge in [-0.05, 0) is 42.5 Å². The maximum absolute atomic E-state index is 12.9. The maximum atomic E-state index is 12.9. The maximum Gasteiger partial charge on any atom is 0.205 e. The number of benzene rings is 2. The Kier molecular flexibility index (Phi) is 5.07. The molecule has 2 aromatic carbocycles. The number of rotatable bonds is 7. The van der Waals surface area contributed by atoms with Gasteiger partial charge in [-0.3, -0.25) is 4.79 Å². The van der Waals surface area contributed by atoms with Crippen LogP contribution in [0.25, 0.3) is 10.9 Å². The van der Waals surface area contributed by atoms with Crippen LogP contribution < -0.4 is 4.74 Å². The van der Waals surface area contributed by atoms with Crippen molar-refractivity contribution in [1.82, 2.24) is 4.57 Å². The molecule has 0 aliphatic rings. The summed E-state index contributed by atoms with van der Waals surface area (Å²) in [5, 5.41) is 2.95. The summed E-state index contributed by atoms with van der Waals surface area (Å²) in [5.41, 5.74) is 3.01. The molecule has 0 N–H and O–H groups in total. The topological polar surface area (TPSA) is 31.2 Å². The molecular weight excluding hydrogens is 354 g/mol. The molecule has 0 atom stereocenters. The predicted molar refractivity (Wildman–Crippen MR) is 111 cm³/mol. The molecule has 4 heteroatoms. The Balaban J connectivity index is 1.51. The first-order chi connectivity index (χ1) is 13.2. The van der Waals surface area contributed by atoms with Crippen molar-refractivity contribution in [3.05, 3.63) is 88.2 Å². The molecule has 0 saturated carbocycles. The zero-order valence-corrected chi connectivity index (χ0v) is 16.0. The minimum absolute atomic E-state index is 0.0936. The van der Waals surface area contributed by atoms with Crippen LogP contribution in [0.4, 0.5) is 0 Å². The molecule has 3 nitrogen and oxygen atoms in total. The summed E-state index contributed by atoms with van der Waals surface area (Å²) in [5.74, 6) is 1.03. The van der Waals surface area contributed by atoms with E-state index in [1.165, 1.54) is 11.3 Å². The van der Waals surface area contributed by atoms with Crippen LogP contribution in [-0.2, 0) is 6.54 Å². The monoisotopic (exact) mass is 375 g/mol. The van der Waals surface area contributed by atoms with Gasteiger partial charge in [0.1, 0.15) is 5.75 Å². The summed E-state index contributed by atoms with van der Waals surface area (Å²) < 4.78 is 8.07. The number of carbonyl (C=O) groups excluding carboxylic acids is 1. The van der Waals surface area contributed by atoms with Crippen LogP contribution in [0.15, 0.2) is 72.2 Å². The summed E-state index contributed by atoms with van der Waals surface area (Å²) in [4.78, 5) is 13.6. The number of aryl methyl sites for hydroxylation is 2. The van der Waals surface area contributed by atoms with Crippen LogP contribution in [0.1, 0.15) is 27.2 Å². The number of carbonyl (C=O) groups is 1. The zero-order chi connectivity index (χ0) is 18.6. The largest absolute Gasteiger partial charge is 0.493 e. The Bertz CT molecular complexity index is 1060. The van der Waals surface area contributed by atoms with Crippen molar-refractivity contribution in [1.29, 1.82) is 0 Å². The van der Waals surface area contributed by atoms with E-state index in [9.17, 15) is 4.79 Å². The summed E-state index contributed by atoms with van der Waals surface area (Å²) in [6, 6.07) is 20.0. The Hall–Kier alpha value is -2.85. The second-order valence-electron chi connectivity index (χ2n) is 6.53. The zero-order valence-electron chi connectivity index (χ0n) is 15.2. The van der Waals surface area contributed by atoms with Gasteiger partial charge in [-0.15, -0.1) is 11.3 Å². The van der Waals surface area contributed by atoms with Gasteiger partial charge < -0.3 is 9.30 Å². The molecule has 0 aliphatic carbocycles. The van der Waals surface area contributed by atoms with Gasteiger partial charge in [-0.25, -0.2) is 0 Å². The Morgan fingerprint density at radius 1 is 1.04 bits per heavy atom. The van der Waals surface area contributed by atoms with E-state index in [1.807, 2.05) is 60.1 Å². The molecule has 4 rings (SSSR count). The van der Waals surface area contributed by atoms with Crippen molar-refractivity contribution in [2.24, 2.45) is 0 Å². The number of nitrogens with zero attached hydrogens (tertiary/aromatic N) is 1. The van der Waals surface area contributed by atoms with Crippen molar-refractivity contribution in [3.8, 4) is 5.75 Å². The highest BCUT2D eigenvalue weighted by Gasteiger charge is 2.17. The lowest BCUT2D eigenvalue weighted by Gasteiger charge is -2.09. The molecule has 4 aromatic rings. The van der Waals surface area contributed by atoms with Crippen molar-refractivity contribution in [2.45, 2.75) is 19.9 Å². The minimum Gasteiger partial charge on any atom is -0.493 e. The number of ether oxygens (including phenoxy) is 1. The van der Waals surface area contributed by atoms with E-state index in [0.717, 1.165) is 45.6 Å². The molecule has 0 fully saturated rings. The van der Waals surface area contributed by atoms with Crippen LogP contribution in [0.5, 0.6) is 5.75 Å². The highest BCUT2D eigenvalue weighted by Crippen LogP contribution is 2.26. The number of aromatic nitrogens is 1. The van der Waals surface area contributed by atoms with Crippen LogP contribution in [-0.4, -0.2) is 17.0 Å². The van der Waals surface area contributed by atoms with E-state index in [4.69, 9.17) is 4.74 Å². The van der Waals surface area contributed by atoms with Gasteiger partial charge in [0.2, 0.25) is 5.78 Å². The lowest BCUT2D eigenvalue weighted by molar-refractivity contribution is 0.104. The summed E-state index contributed by atoms with van der Waals surface area (Å²) in [7, 11) is 0. The van der Waals surface area contributed by atoms with E-state index in [1.54, 1.807) is 0 Å². The second kappa shape index (κ2) is 7.80. The third-order valence-corrected chi connectivity index (χ3v) is 5.54. The number of para-hydroxylation sites is 2. The first-order valence-corrected chi connectivity index (χ1v) is 9.96. The average molecular weight is 375 g/mol. The van der Waals surface area contributed by atoms with Crippen LogP contribution in [0, 0.1) is 6.92 Å². The number of hydrogen-bond donors (Lipinski definition) is 0. The highest BCUT2D eigenvalue weighted by atomic mass is 32.1. The highest BCUT2D eigenvalue weighted by molar-refractivity contribution is 7.12. The second-order valence-corrected chi connectivity index (χ2v) is 7.47. The third-order valence-electron chi connectivity index (χ3n) is 4.67. The van der Waals surface area contributed by atoms with E-state index < -0.39 is 0 Å². The Morgan fingerprint density at radius 2 is 1.85 bits per heavy atom. The normalized spacial score (nSPS) is 11.0. The summed E-state index contributed by atoms with van der Waals surface area (Å²) >= 11 is 1.49. The van der Waals surface area contributed by atoms with E-state index >= 15 is 0 Å². The van der Waals surface area contributed by atoms with Crippen molar-refractivity contribution in [3.63, 3.8) is 0 Å².